The summed E-state index contributed by atoms with van der Waals surface area (Å²) in [5.74, 6) is -1.12. The van der Waals surface area contributed by atoms with Gasteiger partial charge in [0.2, 0.25) is 0 Å². The predicted molar refractivity (Wildman–Crippen MR) is 90.3 cm³/mol. The van der Waals surface area contributed by atoms with E-state index in [0.29, 0.717) is 22.4 Å². The van der Waals surface area contributed by atoms with Crippen LogP contribution in [0.15, 0.2) is 36.5 Å². The number of hydrogen-bond donors (Lipinski definition) is 1. The number of ether oxygens (including phenoxy) is 1. The number of nitrogens with one attached hydrogen (secondary N) is 1. The van der Waals surface area contributed by atoms with Crippen molar-refractivity contribution in [2.45, 2.75) is 6.92 Å². The number of carbonyl (C=O) groups is 1. The van der Waals surface area contributed by atoms with Crippen molar-refractivity contribution in [1.29, 1.82) is 0 Å². The minimum absolute atomic E-state index is 0.0191. The van der Waals surface area contributed by atoms with Crippen LogP contribution >= 0.6 is 11.6 Å². The minimum Gasteiger partial charge on any atom is -0.465 e. The lowest BCUT2D eigenvalue weighted by molar-refractivity contribution is 0.0601. The number of aromatic nitrogens is 2. The van der Waals surface area contributed by atoms with Crippen LogP contribution in [0.2, 0.25) is 5.02 Å². The summed E-state index contributed by atoms with van der Waals surface area (Å²) in [6.45, 7) is 1.84. The van der Waals surface area contributed by atoms with Crippen molar-refractivity contribution in [1.82, 2.24) is 9.97 Å². The molecule has 24 heavy (non-hydrogen) atoms. The van der Waals surface area contributed by atoms with Crippen molar-refractivity contribution in [2.24, 2.45) is 0 Å². The lowest BCUT2D eigenvalue weighted by atomic mass is 10.1. The molecular formula is C17H13ClFN3O2. The zero-order valence-corrected chi connectivity index (χ0v) is 13.7. The van der Waals surface area contributed by atoms with E-state index in [-0.39, 0.29) is 10.6 Å². The predicted octanol–water partition coefficient (Wildman–Crippen LogP) is 4.26. The summed E-state index contributed by atoms with van der Waals surface area (Å²) >= 11 is 5.70. The molecule has 0 amide bonds. The molecular weight excluding hydrogens is 333 g/mol. The maximum atomic E-state index is 13.7. The van der Waals surface area contributed by atoms with Gasteiger partial charge in [-0.05, 0) is 37.3 Å². The minimum atomic E-state index is -0.561. The molecule has 7 heteroatoms. The normalized spacial score (nSPS) is 10.7. The summed E-state index contributed by atoms with van der Waals surface area (Å²) < 4.78 is 18.5. The molecule has 0 spiro atoms. The van der Waals surface area contributed by atoms with Gasteiger partial charge >= 0.3 is 5.97 Å². The Balaban J connectivity index is 2.18. The quantitative estimate of drug-likeness (QED) is 0.718. The second-order valence-electron chi connectivity index (χ2n) is 5.12. The van der Waals surface area contributed by atoms with Crippen LogP contribution in [0.4, 0.5) is 15.8 Å². The van der Waals surface area contributed by atoms with Crippen molar-refractivity contribution in [3.05, 3.63) is 58.6 Å². The molecule has 0 unspecified atom stereocenters. The standard InChI is InChI=1S/C17H13ClFN3O2/c1-9-3-5-11-15(22-10-4-6-13(18)14(19)7-10)12(17(23)24-2)8-20-16(11)21-9/h3-8H,1-2H3,(H,20,21,22). The van der Waals surface area contributed by atoms with Crippen LogP contribution in [0.1, 0.15) is 16.1 Å². The van der Waals surface area contributed by atoms with E-state index in [4.69, 9.17) is 16.3 Å². The van der Waals surface area contributed by atoms with Gasteiger partial charge in [0.05, 0.1) is 17.8 Å². The van der Waals surface area contributed by atoms with Gasteiger partial charge < -0.3 is 10.1 Å². The Labute approximate surface area is 142 Å². The third-order valence-corrected chi connectivity index (χ3v) is 3.77. The number of methoxy groups -OCH3 is 1. The average Bonchev–Trinajstić information content (AvgIpc) is 2.57. The number of hydrogen-bond acceptors (Lipinski definition) is 5. The lowest BCUT2D eigenvalue weighted by Crippen LogP contribution is -2.08. The Morgan fingerprint density at radius 3 is 2.79 bits per heavy atom. The first-order chi connectivity index (χ1) is 11.5. The maximum absolute atomic E-state index is 13.7. The molecule has 0 fully saturated rings. The second kappa shape index (κ2) is 6.41. The Kier molecular flexibility index (Phi) is 4.31. The van der Waals surface area contributed by atoms with Crippen LogP contribution in [-0.2, 0) is 4.74 Å². The Bertz CT molecular complexity index is 947. The van der Waals surface area contributed by atoms with Gasteiger partial charge in [-0.3, -0.25) is 0 Å². The first-order valence-corrected chi connectivity index (χ1v) is 7.44. The monoisotopic (exact) mass is 345 g/mol. The first kappa shape index (κ1) is 16.1. The molecule has 5 nitrogen and oxygen atoms in total. The zero-order chi connectivity index (χ0) is 17.3. The molecule has 3 rings (SSSR count). The van der Waals surface area contributed by atoms with Gasteiger partial charge in [-0.2, -0.15) is 0 Å². The van der Waals surface area contributed by atoms with Gasteiger partial charge in [-0.25, -0.2) is 19.2 Å². The van der Waals surface area contributed by atoms with Crippen molar-refractivity contribution in [2.75, 3.05) is 12.4 Å². The number of halogens is 2. The van der Waals surface area contributed by atoms with E-state index < -0.39 is 11.8 Å². The molecule has 2 aromatic heterocycles. The molecule has 0 saturated heterocycles. The van der Waals surface area contributed by atoms with Gasteiger partial charge in [0.25, 0.3) is 0 Å². The molecule has 122 valence electrons. The number of rotatable bonds is 3. The van der Waals surface area contributed by atoms with E-state index in [2.05, 4.69) is 15.3 Å². The van der Waals surface area contributed by atoms with Crippen LogP contribution in [0.5, 0.6) is 0 Å². The molecule has 0 bridgehead atoms. The number of pyridine rings is 2. The van der Waals surface area contributed by atoms with Crippen molar-refractivity contribution in [3.63, 3.8) is 0 Å². The molecule has 0 radical (unpaired) electrons. The Morgan fingerprint density at radius 2 is 2.08 bits per heavy atom. The van der Waals surface area contributed by atoms with E-state index in [1.807, 2.05) is 6.92 Å². The molecule has 1 aromatic carbocycles. The largest absolute Gasteiger partial charge is 0.465 e. The summed E-state index contributed by atoms with van der Waals surface area (Å²) in [5.41, 5.74) is 2.38. The summed E-state index contributed by atoms with van der Waals surface area (Å²) in [6.07, 6.45) is 1.38. The highest BCUT2D eigenvalue weighted by Gasteiger charge is 2.17. The van der Waals surface area contributed by atoms with E-state index >= 15 is 0 Å². The van der Waals surface area contributed by atoms with Gasteiger partial charge in [0.15, 0.2) is 5.65 Å². The zero-order valence-electron chi connectivity index (χ0n) is 12.9. The Morgan fingerprint density at radius 1 is 1.29 bits per heavy atom. The molecule has 0 atom stereocenters. The summed E-state index contributed by atoms with van der Waals surface area (Å²) in [7, 11) is 1.28. The van der Waals surface area contributed by atoms with Gasteiger partial charge in [0, 0.05) is 23.0 Å². The number of benzene rings is 1. The maximum Gasteiger partial charge on any atom is 0.341 e. The number of fused-ring (bicyclic) bond motifs is 1. The molecule has 0 aliphatic carbocycles. The first-order valence-electron chi connectivity index (χ1n) is 7.06. The molecule has 2 heterocycles. The van der Waals surface area contributed by atoms with Gasteiger partial charge in [-0.1, -0.05) is 11.6 Å². The highest BCUT2D eigenvalue weighted by atomic mass is 35.5. The van der Waals surface area contributed by atoms with Crippen molar-refractivity contribution in [3.8, 4) is 0 Å². The number of anilines is 2. The molecule has 0 aliphatic heterocycles. The van der Waals surface area contributed by atoms with E-state index in [9.17, 15) is 9.18 Å². The SMILES string of the molecule is COC(=O)c1cnc2nc(C)ccc2c1Nc1ccc(Cl)c(F)c1. The smallest absolute Gasteiger partial charge is 0.341 e. The number of carbonyl (C=O) groups excluding carboxylic acids is 1. The Hall–Kier alpha value is -2.73. The molecule has 0 aliphatic rings. The summed E-state index contributed by atoms with van der Waals surface area (Å²) in [4.78, 5) is 20.6. The fraction of sp³-hybridized carbons (Fsp3) is 0.118. The van der Waals surface area contributed by atoms with Crippen molar-refractivity contribution >= 4 is 40.0 Å². The third-order valence-electron chi connectivity index (χ3n) is 3.46. The van der Waals surface area contributed by atoms with E-state index in [1.54, 1.807) is 18.2 Å². The molecule has 3 aromatic rings. The number of nitrogens with zero attached hydrogens (tertiary/aromatic N) is 2. The second-order valence-corrected chi connectivity index (χ2v) is 5.52. The molecule has 0 saturated carbocycles. The molecule has 1 N–H and O–H groups in total. The van der Waals surface area contributed by atoms with Crippen LogP contribution in [0.25, 0.3) is 11.0 Å². The van der Waals surface area contributed by atoms with Crippen LogP contribution in [0.3, 0.4) is 0 Å². The van der Waals surface area contributed by atoms with Crippen LogP contribution < -0.4 is 5.32 Å². The third kappa shape index (κ3) is 3.00. The van der Waals surface area contributed by atoms with E-state index in [0.717, 1.165) is 5.69 Å². The average molecular weight is 346 g/mol. The van der Waals surface area contributed by atoms with Gasteiger partial charge in [0.1, 0.15) is 11.4 Å². The number of aryl methyl sites for hydroxylation is 1. The summed E-state index contributed by atoms with van der Waals surface area (Å²) in [5, 5.41) is 3.68. The highest BCUT2D eigenvalue weighted by molar-refractivity contribution is 6.30. The topological polar surface area (TPSA) is 64.1 Å². The van der Waals surface area contributed by atoms with Gasteiger partial charge in [-0.15, -0.1) is 0 Å². The van der Waals surface area contributed by atoms with Crippen molar-refractivity contribution < 1.29 is 13.9 Å². The fourth-order valence-electron chi connectivity index (χ4n) is 2.29. The van der Waals surface area contributed by atoms with E-state index in [1.165, 1.54) is 25.4 Å². The lowest BCUT2D eigenvalue weighted by Gasteiger charge is -2.13. The number of esters is 1. The van der Waals surface area contributed by atoms with Crippen LogP contribution in [0, 0.1) is 12.7 Å². The van der Waals surface area contributed by atoms with Crippen LogP contribution in [-0.4, -0.2) is 23.0 Å². The summed E-state index contributed by atoms with van der Waals surface area (Å²) in [6, 6.07) is 7.89. The highest BCUT2D eigenvalue weighted by Crippen LogP contribution is 2.30. The fourth-order valence-corrected chi connectivity index (χ4v) is 2.41.